The van der Waals surface area contributed by atoms with E-state index >= 15 is 0 Å². The molecule has 0 N–H and O–H groups in total. The summed E-state index contributed by atoms with van der Waals surface area (Å²) in [4.78, 5) is 25.8. The number of amides is 2. The largest absolute Gasteiger partial charge is 0.493 e. The van der Waals surface area contributed by atoms with Crippen molar-refractivity contribution in [2.45, 2.75) is 6.92 Å². The molecular weight excluding hydrogens is 483 g/mol. The Morgan fingerprint density at radius 3 is 2.31 bits per heavy atom. The maximum absolute atomic E-state index is 12.9. The first-order chi connectivity index (χ1) is 14.0. The molecule has 3 aromatic rings. The topological polar surface area (TPSA) is 68.2 Å². The number of nitrogens with zero attached hydrogens (tertiary/aromatic N) is 2. The third kappa shape index (κ3) is 3.35. The molecule has 0 aliphatic carbocycles. The van der Waals surface area contributed by atoms with Gasteiger partial charge in [0.05, 0.1) is 34.6 Å². The van der Waals surface area contributed by atoms with E-state index in [9.17, 15) is 9.59 Å². The van der Waals surface area contributed by atoms with Gasteiger partial charge in [-0.15, -0.1) is 0 Å². The second-order valence-corrected chi connectivity index (χ2v) is 7.51. The summed E-state index contributed by atoms with van der Waals surface area (Å²) >= 11 is 2.15. The zero-order valence-electron chi connectivity index (χ0n) is 15.8. The van der Waals surface area contributed by atoms with Crippen molar-refractivity contribution in [3.8, 4) is 11.5 Å². The first-order valence-electron chi connectivity index (χ1n) is 9.00. The molecule has 1 heterocycles. The third-order valence-electron chi connectivity index (χ3n) is 4.61. The summed E-state index contributed by atoms with van der Waals surface area (Å²) in [6.45, 7) is 2.42. The highest BCUT2D eigenvalue weighted by Crippen LogP contribution is 2.34. The molecule has 0 atom stereocenters. The summed E-state index contributed by atoms with van der Waals surface area (Å²) in [5.74, 6) is 0.330. The van der Waals surface area contributed by atoms with Crippen molar-refractivity contribution in [3.63, 3.8) is 0 Å². The number of carbonyl (C=O) groups excluding carboxylic acids is 2. The van der Waals surface area contributed by atoms with Crippen LogP contribution in [-0.4, -0.2) is 36.8 Å². The second kappa shape index (κ2) is 7.82. The summed E-state index contributed by atoms with van der Waals surface area (Å²) in [6.07, 6.45) is 1.48. The molecule has 6 nitrogen and oxygen atoms in total. The van der Waals surface area contributed by atoms with E-state index in [1.54, 1.807) is 37.4 Å². The Kier molecular flexibility index (Phi) is 5.23. The van der Waals surface area contributed by atoms with Gasteiger partial charge in [0.25, 0.3) is 11.8 Å². The van der Waals surface area contributed by atoms with Crippen molar-refractivity contribution in [1.29, 1.82) is 0 Å². The molecule has 1 aliphatic rings. The van der Waals surface area contributed by atoms with Crippen molar-refractivity contribution in [1.82, 2.24) is 5.01 Å². The van der Waals surface area contributed by atoms with E-state index in [1.807, 2.05) is 25.1 Å². The SMILES string of the molecule is CCOc1c(I)cc(/C=N\N2C(=O)c3cccc4cccc(c34)C2=O)cc1OC. The summed E-state index contributed by atoms with van der Waals surface area (Å²) in [5, 5.41) is 6.65. The number of rotatable bonds is 5. The molecule has 0 bridgehead atoms. The number of ether oxygens (including phenoxy) is 2. The van der Waals surface area contributed by atoms with Gasteiger partial charge in [0.2, 0.25) is 0 Å². The lowest BCUT2D eigenvalue weighted by molar-refractivity contribution is 0.0616. The van der Waals surface area contributed by atoms with Crippen LogP contribution in [0.25, 0.3) is 10.8 Å². The number of hydrogen-bond acceptors (Lipinski definition) is 5. The first kappa shape index (κ1) is 19.4. The van der Waals surface area contributed by atoms with Crippen LogP contribution in [0.2, 0.25) is 0 Å². The van der Waals surface area contributed by atoms with Crippen LogP contribution in [0.15, 0.2) is 53.6 Å². The molecule has 7 heteroatoms. The molecule has 146 valence electrons. The van der Waals surface area contributed by atoms with Crippen LogP contribution in [0.4, 0.5) is 0 Å². The highest BCUT2D eigenvalue weighted by molar-refractivity contribution is 14.1. The van der Waals surface area contributed by atoms with Gasteiger partial charge < -0.3 is 9.47 Å². The van der Waals surface area contributed by atoms with Gasteiger partial charge in [-0.05, 0) is 64.7 Å². The van der Waals surface area contributed by atoms with Crippen molar-refractivity contribution >= 4 is 51.4 Å². The fraction of sp³-hybridized carbons (Fsp3) is 0.136. The van der Waals surface area contributed by atoms with Crippen LogP contribution in [0, 0.1) is 3.57 Å². The van der Waals surface area contributed by atoms with Gasteiger partial charge in [-0.1, -0.05) is 24.3 Å². The Labute approximate surface area is 181 Å². The van der Waals surface area contributed by atoms with Crippen molar-refractivity contribution in [2.24, 2.45) is 5.10 Å². The maximum Gasteiger partial charge on any atom is 0.282 e. The number of methoxy groups -OCH3 is 1. The summed E-state index contributed by atoms with van der Waals surface area (Å²) in [7, 11) is 1.56. The lowest BCUT2D eigenvalue weighted by Crippen LogP contribution is -2.36. The number of imide groups is 1. The van der Waals surface area contributed by atoms with Gasteiger partial charge in [-0.2, -0.15) is 10.1 Å². The van der Waals surface area contributed by atoms with Crippen molar-refractivity contribution in [2.75, 3.05) is 13.7 Å². The van der Waals surface area contributed by atoms with Crippen LogP contribution in [0.3, 0.4) is 0 Å². The fourth-order valence-electron chi connectivity index (χ4n) is 3.35. The summed E-state index contributed by atoms with van der Waals surface area (Å²) in [6, 6.07) is 14.4. The Bertz CT molecular complexity index is 1120. The molecule has 3 aromatic carbocycles. The lowest BCUT2D eigenvalue weighted by Gasteiger charge is -2.23. The molecule has 0 saturated heterocycles. The van der Waals surface area contributed by atoms with Gasteiger partial charge in [0.15, 0.2) is 11.5 Å². The first-order valence-corrected chi connectivity index (χ1v) is 10.1. The Balaban J connectivity index is 1.72. The van der Waals surface area contributed by atoms with E-state index in [-0.39, 0.29) is 0 Å². The summed E-state index contributed by atoms with van der Waals surface area (Å²) < 4.78 is 11.9. The second-order valence-electron chi connectivity index (χ2n) is 6.34. The molecule has 4 rings (SSSR count). The summed E-state index contributed by atoms with van der Waals surface area (Å²) in [5.41, 5.74) is 1.62. The minimum atomic E-state index is -0.442. The predicted molar refractivity (Wildman–Crippen MR) is 119 cm³/mol. The monoisotopic (exact) mass is 500 g/mol. The molecule has 0 unspecified atom stereocenters. The molecule has 0 aromatic heterocycles. The molecule has 0 radical (unpaired) electrons. The van der Waals surface area contributed by atoms with E-state index < -0.39 is 11.8 Å². The standard InChI is InChI=1S/C22H17IN2O4/c1-3-29-20-17(23)10-13(11-18(20)28-2)12-24-25-21(26)15-8-4-6-14-7-5-9-16(19(14)15)22(25)27/h4-12H,3H2,1-2H3/b24-12-. The molecule has 1 aliphatic heterocycles. The number of carbonyl (C=O) groups is 2. The van der Waals surface area contributed by atoms with Crippen molar-refractivity contribution < 1.29 is 19.1 Å². The predicted octanol–water partition coefficient (Wildman–Crippen LogP) is 4.48. The van der Waals surface area contributed by atoms with Crippen molar-refractivity contribution in [3.05, 3.63) is 68.8 Å². The van der Waals surface area contributed by atoms with E-state index in [4.69, 9.17) is 9.47 Å². The number of benzene rings is 3. The quantitative estimate of drug-likeness (QED) is 0.295. The average molecular weight is 500 g/mol. The zero-order chi connectivity index (χ0) is 20.5. The minimum absolute atomic E-state index is 0.442. The highest BCUT2D eigenvalue weighted by Gasteiger charge is 2.32. The van der Waals surface area contributed by atoms with Gasteiger partial charge in [0.1, 0.15) is 0 Å². The Morgan fingerprint density at radius 2 is 1.72 bits per heavy atom. The van der Waals surface area contributed by atoms with Crippen LogP contribution in [-0.2, 0) is 0 Å². The molecule has 29 heavy (non-hydrogen) atoms. The van der Waals surface area contributed by atoms with Crippen LogP contribution >= 0.6 is 22.6 Å². The van der Waals surface area contributed by atoms with Gasteiger partial charge in [0, 0.05) is 5.39 Å². The van der Waals surface area contributed by atoms with E-state index in [2.05, 4.69) is 27.7 Å². The Hall–Kier alpha value is -2.94. The van der Waals surface area contributed by atoms with Crippen LogP contribution in [0.1, 0.15) is 33.2 Å². The third-order valence-corrected chi connectivity index (χ3v) is 5.41. The molecular formula is C22H17IN2O4. The normalized spacial score (nSPS) is 13.4. The maximum atomic E-state index is 12.9. The number of hydrogen-bond donors (Lipinski definition) is 0. The zero-order valence-corrected chi connectivity index (χ0v) is 18.0. The average Bonchev–Trinajstić information content (AvgIpc) is 2.73. The van der Waals surface area contributed by atoms with Crippen LogP contribution < -0.4 is 9.47 Å². The number of hydrazone groups is 1. The molecule has 0 saturated carbocycles. The molecule has 0 fully saturated rings. The minimum Gasteiger partial charge on any atom is -0.493 e. The Morgan fingerprint density at radius 1 is 1.07 bits per heavy atom. The van der Waals surface area contributed by atoms with E-state index in [0.717, 1.165) is 14.0 Å². The highest BCUT2D eigenvalue weighted by atomic mass is 127. The van der Waals surface area contributed by atoms with Crippen LogP contribution in [0.5, 0.6) is 11.5 Å². The van der Waals surface area contributed by atoms with Gasteiger partial charge in [-0.3, -0.25) is 9.59 Å². The number of halogens is 1. The lowest BCUT2D eigenvalue weighted by atomic mass is 9.95. The van der Waals surface area contributed by atoms with Gasteiger partial charge in [-0.25, -0.2) is 0 Å². The smallest absolute Gasteiger partial charge is 0.282 e. The molecule has 2 amide bonds. The molecule has 0 spiro atoms. The fourth-order valence-corrected chi connectivity index (χ4v) is 4.13. The van der Waals surface area contributed by atoms with Gasteiger partial charge >= 0.3 is 0 Å². The van der Waals surface area contributed by atoms with E-state index in [0.29, 0.717) is 40.2 Å². The van der Waals surface area contributed by atoms with E-state index in [1.165, 1.54) is 6.21 Å².